The fourth-order valence-electron chi connectivity index (χ4n) is 4.62. The van der Waals surface area contributed by atoms with Gasteiger partial charge in [0.25, 0.3) is 0 Å². The van der Waals surface area contributed by atoms with Gasteiger partial charge in [-0.05, 0) is 0 Å². The van der Waals surface area contributed by atoms with Gasteiger partial charge in [-0.1, -0.05) is 0 Å². The van der Waals surface area contributed by atoms with Gasteiger partial charge in [-0.3, -0.25) is 0 Å². The van der Waals surface area contributed by atoms with Crippen LogP contribution in [-0.2, 0) is 13.1 Å². The molecule has 2 aromatic carbocycles. The molecular weight excluding hydrogens is 482 g/mol. The first-order valence-electron chi connectivity index (χ1n) is 12.4. The average Bonchev–Trinajstić information content (AvgIpc) is 3.21. The molecule has 4 heteroatoms. The zero-order valence-corrected chi connectivity index (χ0v) is 24.0. The minimum atomic E-state index is 0.459. The van der Waals surface area contributed by atoms with Crippen LogP contribution in [0.15, 0.2) is 49.1 Å². The molecule has 2 nitrogen and oxygen atoms in total. The van der Waals surface area contributed by atoms with E-state index in [0.717, 1.165) is 30.9 Å². The molecule has 2 aromatic rings. The molecule has 0 radical (unpaired) electrons. The molecule has 0 atom stereocenters. The quantitative estimate of drug-likeness (QED) is 0.274. The summed E-state index contributed by atoms with van der Waals surface area (Å²) in [5.74, 6) is 1.84. The molecule has 3 rings (SSSR count). The van der Waals surface area contributed by atoms with E-state index in [1.165, 1.54) is 39.7 Å². The molecule has 0 bridgehead atoms. The van der Waals surface area contributed by atoms with Crippen molar-refractivity contribution in [2.45, 2.75) is 79.1 Å². The van der Waals surface area contributed by atoms with Crippen LogP contribution in [0.4, 0.5) is 11.4 Å². The van der Waals surface area contributed by atoms with Gasteiger partial charge in [0.05, 0.1) is 0 Å². The molecular formula is C30H43ClN2Ni-. The second-order valence-corrected chi connectivity index (χ2v) is 11.2. The molecule has 0 aromatic heterocycles. The number of hydrogen-bond donors (Lipinski definition) is 0. The number of halogens is 1. The van der Waals surface area contributed by atoms with Gasteiger partial charge < -0.3 is 0 Å². The molecule has 0 saturated carbocycles. The third kappa shape index (κ3) is 6.10. The van der Waals surface area contributed by atoms with Crippen molar-refractivity contribution >= 4 is 26.3 Å². The summed E-state index contributed by atoms with van der Waals surface area (Å²) in [6.07, 6.45) is 1.50. The Morgan fingerprint density at radius 2 is 1.00 bits per heavy atom. The van der Waals surface area contributed by atoms with Gasteiger partial charge in [0.2, 0.25) is 0 Å². The third-order valence-electron chi connectivity index (χ3n) is 6.24. The molecule has 0 unspecified atom stereocenters. The summed E-state index contributed by atoms with van der Waals surface area (Å²) in [7, 11) is 6.64. The minimum absolute atomic E-state index is 0.459. The van der Waals surface area contributed by atoms with Crippen LogP contribution in [0, 0.1) is 6.92 Å². The van der Waals surface area contributed by atoms with E-state index in [9.17, 15) is 0 Å². The van der Waals surface area contributed by atoms with Crippen LogP contribution in [0.5, 0.6) is 0 Å². The molecule has 0 N–H and O–H groups in total. The maximum atomic E-state index is 6.64. The Kier molecular flexibility index (Phi) is 10.8. The van der Waals surface area contributed by atoms with E-state index < -0.39 is 0 Å². The van der Waals surface area contributed by atoms with E-state index in [1.54, 1.807) is 0 Å². The summed E-state index contributed by atoms with van der Waals surface area (Å²) in [4.78, 5) is 4.97. The zero-order chi connectivity index (χ0) is 25.6. The third-order valence-corrected chi connectivity index (χ3v) is 7.38. The molecule has 1 aliphatic rings. The van der Waals surface area contributed by atoms with Gasteiger partial charge in [-0.25, -0.2) is 19.6 Å². The van der Waals surface area contributed by atoms with Crippen molar-refractivity contribution in [3.8, 4) is 0 Å². The average molecular weight is 526 g/mol. The first-order valence-corrected chi connectivity index (χ1v) is 14.2. The van der Waals surface area contributed by atoms with Crippen molar-refractivity contribution in [3.63, 3.8) is 0 Å². The van der Waals surface area contributed by atoms with Gasteiger partial charge in [-0.2, -0.15) is 0 Å². The van der Waals surface area contributed by atoms with Crippen molar-refractivity contribution in [1.82, 2.24) is 0 Å². The van der Waals surface area contributed by atoms with Gasteiger partial charge in [0.15, 0.2) is 0 Å². The molecule has 1 heterocycles. The van der Waals surface area contributed by atoms with Crippen molar-refractivity contribution in [2.24, 2.45) is 0 Å². The Morgan fingerprint density at radius 3 is 1.21 bits per heavy atom. The van der Waals surface area contributed by atoms with Crippen LogP contribution in [0.2, 0.25) is 0 Å². The Labute approximate surface area is 219 Å². The molecule has 191 valence electrons. The van der Waals surface area contributed by atoms with E-state index in [2.05, 4.69) is 115 Å². The van der Waals surface area contributed by atoms with Gasteiger partial charge in [0, 0.05) is 0 Å². The SMILES string of the molecule is C=C[CH2-].CC(C)c1cccc(C(C)C)c1N1CCN(c2c(C(C)C)cccc2C(C)C)[C]1=[Ni][Cl]. The van der Waals surface area contributed by atoms with Crippen LogP contribution < -0.4 is 9.80 Å². The number of para-hydroxylation sites is 2. The van der Waals surface area contributed by atoms with E-state index in [1.807, 2.05) is 0 Å². The molecule has 0 aliphatic carbocycles. The van der Waals surface area contributed by atoms with E-state index >= 15 is 0 Å². The Bertz CT molecular complexity index is 865. The van der Waals surface area contributed by atoms with Crippen LogP contribution in [-0.4, -0.2) is 17.8 Å². The van der Waals surface area contributed by atoms with Crippen molar-refractivity contribution in [2.75, 3.05) is 22.9 Å². The Morgan fingerprint density at radius 1 is 0.735 bits per heavy atom. The Balaban J connectivity index is 0.00000129. The number of anilines is 2. The van der Waals surface area contributed by atoms with E-state index in [-0.39, 0.29) is 0 Å². The summed E-state index contributed by atoms with van der Waals surface area (Å²) < 4.78 is 1.15. The molecule has 0 spiro atoms. The predicted octanol–water partition coefficient (Wildman–Crippen LogP) is 8.84. The van der Waals surface area contributed by atoms with Gasteiger partial charge >= 0.3 is 200 Å². The van der Waals surface area contributed by atoms with E-state index in [4.69, 9.17) is 10.2 Å². The summed E-state index contributed by atoms with van der Waals surface area (Å²) >= 11 is 1.15. The fourth-order valence-corrected chi connectivity index (χ4v) is 5.80. The molecule has 34 heavy (non-hydrogen) atoms. The number of hydrogen-bond acceptors (Lipinski definition) is 2. The maximum absolute atomic E-state index is 6.64. The van der Waals surface area contributed by atoms with E-state index in [0.29, 0.717) is 23.7 Å². The standard InChI is InChI=1S/C27H38N2.C3H5.ClH.Ni/c1-18(2)22-11-9-12-23(19(3)4)26(22)28-15-16-29(17-28)27-24(20(5)6)13-10-14-25(27)21(7)8;1-3-2;;/h9-14,18-21H,15-16H2,1-8H3;3H,1-2H2;1H;/q;-1;;+1/p-1. The number of benzene rings is 2. The Hall–Kier alpha value is -1.70. The second kappa shape index (κ2) is 12.8. The van der Waals surface area contributed by atoms with Crippen LogP contribution >= 0.6 is 10.2 Å². The van der Waals surface area contributed by atoms with Gasteiger partial charge in [0.1, 0.15) is 0 Å². The van der Waals surface area contributed by atoms with Gasteiger partial charge in [-0.15, -0.1) is 0 Å². The van der Waals surface area contributed by atoms with Crippen molar-refractivity contribution < 1.29 is 13.1 Å². The summed E-state index contributed by atoms with van der Waals surface area (Å²) in [5, 5.41) is 0. The van der Waals surface area contributed by atoms with Crippen molar-refractivity contribution in [1.29, 1.82) is 0 Å². The first kappa shape index (κ1) is 28.5. The molecule has 1 aliphatic heterocycles. The normalized spacial score (nSPS) is 14.0. The first-order chi connectivity index (χ1) is 16.1. The summed E-state index contributed by atoms with van der Waals surface area (Å²) in [6.45, 7) is 26.7. The zero-order valence-electron chi connectivity index (χ0n) is 22.3. The summed E-state index contributed by atoms with van der Waals surface area (Å²) in [6, 6.07) is 13.6. The predicted molar refractivity (Wildman–Crippen MR) is 150 cm³/mol. The number of nitrogens with zero attached hydrogens (tertiary/aromatic N) is 2. The number of rotatable bonds is 6. The van der Waals surface area contributed by atoms with Crippen molar-refractivity contribution in [3.05, 3.63) is 78.2 Å². The van der Waals surface area contributed by atoms with Crippen LogP contribution in [0.3, 0.4) is 0 Å². The fraction of sp³-hybridized carbons (Fsp3) is 0.467. The molecule has 0 amide bonds. The van der Waals surface area contributed by atoms with Crippen LogP contribution in [0.25, 0.3) is 0 Å². The topological polar surface area (TPSA) is 6.48 Å². The second-order valence-electron chi connectivity index (χ2n) is 10.1. The molecule has 1 saturated heterocycles. The molecule has 1 fully saturated rings. The van der Waals surface area contributed by atoms with Crippen LogP contribution in [0.1, 0.15) is 101 Å². The monoisotopic (exact) mass is 524 g/mol. The number of allylic oxidation sites excluding steroid dienone is 1. The summed E-state index contributed by atoms with van der Waals surface area (Å²) in [5.41, 5.74) is 8.33.